The molecule has 0 amide bonds. The molecule has 2 nitrogen and oxygen atoms in total. The predicted octanol–water partition coefficient (Wildman–Crippen LogP) is 4.30. The lowest BCUT2D eigenvalue weighted by atomic mass is 9.65. The SMILES string of the molecule is CCCNCC1CCC(C)(C)CC1c1ccc(C)nc1. The van der Waals surface area contributed by atoms with Gasteiger partial charge in [0.2, 0.25) is 0 Å². The fourth-order valence-electron chi connectivity index (χ4n) is 3.44. The third-order valence-electron chi connectivity index (χ3n) is 4.73. The largest absolute Gasteiger partial charge is 0.316 e. The van der Waals surface area contributed by atoms with Gasteiger partial charge in [-0.05, 0) is 74.6 Å². The Morgan fingerprint density at radius 2 is 2.15 bits per heavy atom. The van der Waals surface area contributed by atoms with Crippen LogP contribution in [0.4, 0.5) is 0 Å². The lowest BCUT2D eigenvalue weighted by Crippen LogP contribution is -2.35. The van der Waals surface area contributed by atoms with E-state index in [1.165, 1.54) is 31.2 Å². The molecule has 0 bridgehead atoms. The van der Waals surface area contributed by atoms with Gasteiger partial charge in [0.05, 0.1) is 0 Å². The molecule has 20 heavy (non-hydrogen) atoms. The zero-order valence-corrected chi connectivity index (χ0v) is 13.6. The Labute approximate surface area is 124 Å². The minimum absolute atomic E-state index is 0.469. The first-order chi connectivity index (χ1) is 9.52. The Morgan fingerprint density at radius 3 is 2.80 bits per heavy atom. The van der Waals surface area contributed by atoms with Gasteiger partial charge in [0.1, 0.15) is 0 Å². The van der Waals surface area contributed by atoms with E-state index in [9.17, 15) is 0 Å². The summed E-state index contributed by atoms with van der Waals surface area (Å²) in [6.45, 7) is 11.4. The summed E-state index contributed by atoms with van der Waals surface area (Å²) in [5.74, 6) is 1.43. The van der Waals surface area contributed by atoms with Gasteiger partial charge in [0, 0.05) is 11.9 Å². The molecule has 2 unspecified atom stereocenters. The van der Waals surface area contributed by atoms with Crippen LogP contribution in [0.15, 0.2) is 18.3 Å². The minimum Gasteiger partial charge on any atom is -0.316 e. The molecule has 2 atom stereocenters. The van der Waals surface area contributed by atoms with Crippen molar-refractivity contribution in [2.75, 3.05) is 13.1 Å². The van der Waals surface area contributed by atoms with Crippen LogP contribution in [0.1, 0.15) is 63.6 Å². The van der Waals surface area contributed by atoms with Crippen LogP contribution in [0.5, 0.6) is 0 Å². The minimum atomic E-state index is 0.469. The van der Waals surface area contributed by atoms with E-state index >= 15 is 0 Å². The Kier molecular flexibility index (Phi) is 5.20. The molecule has 1 aliphatic carbocycles. The van der Waals surface area contributed by atoms with Gasteiger partial charge in [-0.2, -0.15) is 0 Å². The topological polar surface area (TPSA) is 24.9 Å². The zero-order valence-electron chi connectivity index (χ0n) is 13.6. The Morgan fingerprint density at radius 1 is 1.35 bits per heavy atom. The average Bonchev–Trinajstić information content (AvgIpc) is 2.41. The van der Waals surface area contributed by atoms with Crippen LogP contribution in [-0.2, 0) is 0 Å². The Bertz CT molecular complexity index is 408. The van der Waals surface area contributed by atoms with Crippen LogP contribution in [-0.4, -0.2) is 18.1 Å². The molecule has 1 N–H and O–H groups in total. The van der Waals surface area contributed by atoms with Crippen molar-refractivity contribution in [3.8, 4) is 0 Å². The number of hydrogen-bond donors (Lipinski definition) is 1. The quantitative estimate of drug-likeness (QED) is 0.810. The molecule has 1 saturated carbocycles. The number of pyridine rings is 1. The maximum absolute atomic E-state index is 4.51. The number of rotatable bonds is 5. The Balaban J connectivity index is 2.11. The van der Waals surface area contributed by atoms with Gasteiger partial charge < -0.3 is 5.32 Å². The van der Waals surface area contributed by atoms with Crippen molar-refractivity contribution >= 4 is 0 Å². The second kappa shape index (κ2) is 6.71. The summed E-state index contributed by atoms with van der Waals surface area (Å²) in [5, 5.41) is 3.62. The van der Waals surface area contributed by atoms with Crippen molar-refractivity contribution in [1.82, 2.24) is 10.3 Å². The highest BCUT2D eigenvalue weighted by atomic mass is 14.9. The highest BCUT2D eigenvalue weighted by Gasteiger charge is 2.35. The smallest absolute Gasteiger partial charge is 0.0372 e. The summed E-state index contributed by atoms with van der Waals surface area (Å²) in [4.78, 5) is 4.51. The van der Waals surface area contributed by atoms with Crippen LogP contribution in [0.2, 0.25) is 0 Å². The van der Waals surface area contributed by atoms with E-state index in [1.807, 2.05) is 0 Å². The van der Waals surface area contributed by atoms with E-state index in [-0.39, 0.29) is 0 Å². The van der Waals surface area contributed by atoms with Crippen LogP contribution in [0.3, 0.4) is 0 Å². The summed E-state index contributed by atoms with van der Waals surface area (Å²) in [6, 6.07) is 4.45. The van der Waals surface area contributed by atoms with Gasteiger partial charge in [0.15, 0.2) is 0 Å². The number of aromatic nitrogens is 1. The lowest BCUT2D eigenvalue weighted by Gasteiger charge is -2.41. The van der Waals surface area contributed by atoms with E-state index in [1.54, 1.807) is 0 Å². The summed E-state index contributed by atoms with van der Waals surface area (Å²) in [7, 11) is 0. The number of hydrogen-bond acceptors (Lipinski definition) is 2. The molecule has 1 aliphatic rings. The van der Waals surface area contributed by atoms with Crippen molar-refractivity contribution < 1.29 is 0 Å². The fraction of sp³-hybridized carbons (Fsp3) is 0.722. The molecular formula is C18H30N2. The Hall–Kier alpha value is -0.890. The van der Waals surface area contributed by atoms with Crippen molar-refractivity contribution in [3.05, 3.63) is 29.6 Å². The molecule has 0 saturated heterocycles. The van der Waals surface area contributed by atoms with Crippen LogP contribution >= 0.6 is 0 Å². The fourth-order valence-corrected chi connectivity index (χ4v) is 3.44. The van der Waals surface area contributed by atoms with Gasteiger partial charge in [-0.3, -0.25) is 4.98 Å². The maximum Gasteiger partial charge on any atom is 0.0372 e. The van der Waals surface area contributed by atoms with E-state index in [0.29, 0.717) is 11.3 Å². The second-order valence-corrected chi connectivity index (χ2v) is 7.21. The van der Waals surface area contributed by atoms with E-state index in [0.717, 1.165) is 24.7 Å². The monoisotopic (exact) mass is 274 g/mol. The molecule has 0 aromatic carbocycles. The van der Waals surface area contributed by atoms with E-state index in [2.05, 4.69) is 56.3 Å². The number of nitrogens with one attached hydrogen (secondary N) is 1. The molecule has 2 heteroatoms. The van der Waals surface area contributed by atoms with Gasteiger partial charge in [-0.15, -0.1) is 0 Å². The van der Waals surface area contributed by atoms with E-state index < -0.39 is 0 Å². The first kappa shape index (κ1) is 15.5. The van der Waals surface area contributed by atoms with Crippen molar-refractivity contribution in [2.24, 2.45) is 11.3 Å². The normalized spacial score (nSPS) is 25.6. The molecule has 0 spiro atoms. The van der Waals surface area contributed by atoms with Gasteiger partial charge in [-0.25, -0.2) is 0 Å². The lowest BCUT2D eigenvalue weighted by molar-refractivity contribution is 0.159. The first-order valence-electron chi connectivity index (χ1n) is 8.15. The third kappa shape index (κ3) is 4.05. The van der Waals surface area contributed by atoms with Crippen molar-refractivity contribution in [1.29, 1.82) is 0 Å². The van der Waals surface area contributed by atoms with Crippen LogP contribution in [0, 0.1) is 18.3 Å². The van der Waals surface area contributed by atoms with Crippen molar-refractivity contribution in [2.45, 2.75) is 59.3 Å². The molecule has 1 aromatic rings. The standard InChI is InChI=1S/C18H30N2/c1-5-10-19-12-16-8-9-18(3,4)11-17(16)15-7-6-14(2)20-13-15/h6-7,13,16-17,19H,5,8-12H2,1-4H3. The number of nitrogens with zero attached hydrogens (tertiary/aromatic N) is 1. The molecule has 1 aromatic heterocycles. The molecular weight excluding hydrogens is 244 g/mol. The molecule has 1 fully saturated rings. The van der Waals surface area contributed by atoms with Gasteiger partial charge >= 0.3 is 0 Å². The van der Waals surface area contributed by atoms with Crippen LogP contribution < -0.4 is 5.32 Å². The number of aryl methyl sites for hydroxylation is 1. The summed E-state index contributed by atoms with van der Waals surface area (Å²) in [6.07, 6.45) is 7.29. The summed E-state index contributed by atoms with van der Waals surface area (Å²) in [5.41, 5.74) is 3.02. The van der Waals surface area contributed by atoms with Crippen molar-refractivity contribution in [3.63, 3.8) is 0 Å². The summed E-state index contributed by atoms with van der Waals surface area (Å²) < 4.78 is 0. The maximum atomic E-state index is 4.51. The molecule has 1 heterocycles. The first-order valence-corrected chi connectivity index (χ1v) is 8.15. The van der Waals surface area contributed by atoms with E-state index in [4.69, 9.17) is 0 Å². The highest BCUT2D eigenvalue weighted by molar-refractivity contribution is 5.20. The highest BCUT2D eigenvalue weighted by Crippen LogP contribution is 2.46. The van der Waals surface area contributed by atoms with Gasteiger partial charge in [0.25, 0.3) is 0 Å². The van der Waals surface area contributed by atoms with Crippen LogP contribution in [0.25, 0.3) is 0 Å². The summed E-state index contributed by atoms with van der Waals surface area (Å²) >= 11 is 0. The molecule has 2 rings (SSSR count). The molecule has 0 radical (unpaired) electrons. The average molecular weight is 274 g/mol. The third-order valence-corrected chi connectivity index (χ3v) is 4.73. The second-order valence-electron chi connectivity index (χ2n) is 7.21. The zero-order chi connectivity index (χ0) is 14.6. The van der Waals surface area contributed by atoms with Gasteiger partial charge in [-0.1, -0.05) is 26.8 Å². The molecule has 0 aliphatic heterocycles. The molecule has 112 valence electrons. The predicted molar refractivity (Wildman–Crippen MR) is 86.0 cm³/mol.